The molecule has 0 aliphatic heterocycles. The Morgan fingerprint density at radius 2 is 2.18 bits per heavy atom. The summed E-state index contributed by atoms with van der Waals surface area (Å²) in [7, 11) is 1.81. The van der Waals surface area contributed by atoms with Crippen LogP contribution in [0, 0.1) is 17.2 Å². The summed E-state index contributed by atoms with van der Waals surface area (Å²) >= 11 is 0. The standard InChI is InChI=1S/C16H22N4O2/c1-20-11-12(10-18-20)7-8-15(21)14(9-17)16(22)19-13-5-3-2-4-6-13/h10-11,13-14H,2-8H2,1H3,(H,19,22). The predicted octanol–water partition coefficient (Wildman–Crippen LogP) is 1.51. The smallest absolute Gasteiger partial charge is 0.245 e. The summed E-state index contributed by atoms with van der Waals surface area (Å²) in [6.45, 7) is 0. The van der Waals surface area contributed by atoms with Crippen LogP contribution < -0.4 is 5.32 Å². The highest BCUT2D eigenvalue weighted by molar-refractivity contribution is 6.04. The average Bonchev–Trinajstić information content (AvgIpc) is 2.92. The van der Waals surface area contributed by atoms with Gasteiger partial charge in [-0.25, -0.2) is 0 Å². The van der Waals surface area contributed by atoms with Crippen molar-refractivity contribution in [3.8, 4) is 6.07 Å². The highest BCUT2D eigenvalue weighted by atomic mass is 16.2. The molecule has 0 aromatic carbocycles. The Morgan fingerprint density at radius 3 is 2.77 bits per heavy atom. The number of amides is 1. The lowest BCUT2D eigenvalue weighted by atomic mass is 9.94. The molecular weight excluding hydrogens is 280 g/mol. The molecule has 1 aliphatic carbocycles. The Morgan fingerprint density at radius 1 is 1.45 bits per heavy atom. The van der Waals surface area contributed by atoms with E-state index in [-0.39, 0.29) is 18.2 Å². The molecule has 6 nitrogen and oxygen atoms in total. The number of nitrogens with one attached hydrogen (secondary N) is 1. The molecule has 0 radical (unpaired) electrons. The van der Waals surface area contributed by atoms with E-state index >= 15 is 0 Å². The van der Waals surface area contributed by atoms with E-state index in [0.717, 1.165) is 31.2 Å². The third-order valence-electron chi connectivity index (χ3n) is 4.08. The maximum atomic E-state index is 12.1. The van der Waals surface area contributed by atoms with Gasteiger partial charge in [0.05, 0.1) is 12.3 Å². The summed E-state index contributed by atoms with van der Waals surface area (Å²) in [5.74, 6) is -1.95. The summed E-state index contributed by atoms with van der Waals surface area (Å²) in [5, 5.41) is 16.0. The zero-order valence-corrected chi connectivity index (χ0v) is 12.9. The maximum Gasteiger partial charge on any atom is 0.245 e. The Hall–Kier alpha value is -2.16. The number of nitrogens with zero attached hydrogens (tertiary/aromatic N) is 3. The fraction of sp³-hybridized carbons (Fsp3) is 0.625. The van der Waals surface area contributed by atoms with E-state index in [2.05, 4.69) is 10.4 Å². The molecular formula is C16H22N4O2. The van der Waals surface area contributed by atoms with Crippen LogP contribution in [-0.4, -0.2) is 27.5 Å². The SMILES string of the molecule is Cn1cc(CCC(=O)C(C#N)C(=O)NC2CCCCC2)cn1. The van der Waals surface area contributed by atoms with Crippen molar-refractivity contribution in [1.82, 2.24) is 15.1 Å². The monoisotopic (exact) mass is 302 g/mol. The molecule has 1 N–H and O–H groups in total. The molecule has 1 amide bonds. The van der Waals surface area contributed by atoms with Gasteiger partial charge in [-0.2, -0.15) is 10.4 Å². The molecule has 1 aliphatic rings. The van der Waals surface area contributed by atoms with Crippen LogP contribution >= 0.6 is 0 Å². The lowest BCUT2D eigenvalue weighted by molar-refractivity contribution is -0.132. The van der Waals surface area contributed by atoms with Crippen LogP contribution in [0.25, 0.3) is 0 Å². The first-order valence-electron chi connectivity index (χ1n) is 7.80. The molecule has 1 aromatic heterocycles. The molecule has 0 spiro atoms. The molecule has 1 atom stereocenters. The zero-order valence-electron chi connectivity index (χ0n) is 12.9. The Balaban J connectivity index is 1.85. The van der Waals surface area contributed by atoms with Gasteiger partial charge in [0.25, 0.3) is 0 Å². The normalized spacial score (nSPS) is 16.7. The number of ketones is 1. The van der Waals surface area contributed by atoms with E-state index in [1.807, 2.05) is 12.3 Å². The van der Waals surface area contributed by atoms with Crippen molar-refractivity contribution in [2.45, 2.75) is 51.0 Å². The number of rotatable bonds is 6. The molecule has 1 heterocycles. The number of aromatic nitrogens is 2. The van der Waals surface area contributed by atoms with E-state index in [1.165, 1.54) is 6.42 Å². The molecule has 0 saturated heterocycles. The summed E-state index contributed by atoms with van der Waals surface area (Å²) in [6.07, 6.45) is 9.46. The third-order valence-corrected chi connectivity index (χ3v) is 4.08. The first kappa shape index (κ1) is 16.2. The van der Waals surface area contributed by atoms with Gasteiger partial charge >= 0.3 is 0 Å². The van der Waals surface area contributed by atoms with Gasteiger partial charge < -0.3 is 5.32 Å². The van der Waals surface area contributed by atoms with E-state index in [0.29, 0.717) is 6.42 Å². The quantitative estimate of drug-likeness (QED) is 0.807. The lowest BCUT2D eigenvalue weighted by Crippen LogP contribution is -2.42. The fourth-order valence-corrected chi connectivity index (χ4v) is 2.82. The van der Waals surface area contributed by atoms with E-state index < -0.39 is 11.8 Å². The number of hydrogen-bond donors (Lipinski definition) is 1. The van der Waals surface area contributed by atoms with E-state index in [1.54, 1.807) is 17.9 Å². The Bertz CT molecular complexity index is 567. The van der Waals surface area contributed by atoms with Gasteiger partial charge in [0.1, 0.15) is 0 Å². The molecule has 1 unspecified atom stereocenters. The van der Waals surface area contributed by atoms with Gasteiger partial charge in [-0.1, -0.05) is 19.3 Å². The van der Waals surface area contributed by atoms with Crippen LogP contribution in [0.1, 0.15) is 44.1 Å². The van der Waals surface area contributed by atoms with Gasteiger partial charge in [-0.15, -0.1) is 0 Å². The molecule has 2 rings (SSSR count). The molecule has 1 fully saturated rings. The largest absolute Gasteiger partial charge is 0.352 e. The Labute approximate surface area is 130 Å². The maximum absolute atomic E-state index is 12.1. The van der Waals surface area contributed by atoms with Crippen molar-refractivity contribution in [3.05, 3.63) is 18.0 Å². The second kappa shape index (κ2) is 7.74. The van der Waals surface area contributed by atoms with Crippen LogP contribution in [0.2, 0.25) is 0 Å². The lowest BCUT2D eigenvalue weighted by Gasteiger charge is -2.23. The van der Waals surface area contributed by atoms with E-state index in [9.17, 15) is 9.59 Å². The summed E-state index contributed by atoms with van der Waals surface area (Å²) < 4.78 is 1.66. The molecule has 6 heteroatoms. The minimum atomic E-state index is -1.20. The number of nitriles is 1. The van der Waals surface area contributed by atoms with Crippen molar-refractivity contribution in [2.75, 3.05) is 0 Å². The molecule has 1 saturated carbocycles. The van der Waals surface area contributed by atoms with Crippen molar-refractivity contribution < 1.29 is 9.59 Å². The number of aryl methyl sites for hydroxylation is 2. The van der Waals surface area contributed by atoms with Crippen molar-refractivity contribution in [3.63, 3.8) is 0 Å². The third kappa shape index (κ3) is 4.42. The fourth-order valence-electron chi connectivity index (χ4n) is 2.82. The first-order valence-corrected chi connectivity index (χ1v) is 7.80. The van der Waals surface area contributed by atoms with Gasteiger partial charge in [0.15, 0.2) is 11.7 Å². The van der Waals surface area contributed by atoms with Crippen LogP contribution in [-0.2, 0) is 23.1 Å². The van der Waals surface area contributed by atoms with Crippen LogP contribution in [0.4, 0.5) is 0 Å². The van der Waals surface area contributed by atoms with Crippen LogP contribution in [0.5, 0.6) is 0 Å². The number of carbonyl (C=O) groups is 2. The average molecular weight is 302 g/mol. The molecule has 22 heavy (non-hydrogen) atoms. The zero-order chi connectivity index (χ0) is 15.9. The predicted molar refractivity (Wildman–Crippen MR) is 80.7 cm³/mol. The topological polar surface area (TPSA) is 87.8 Å². The Kier molecular flexibility index (Phi) is 5.70. The van der Waals surface area contributed by atoms with Crippen LogP contribution in [0.15, 0.2) is 12.4 Å². The minimum absolute atomic E-state index is 0.114. The van der Waals surface area contributed by atoms with Crippen molar-refractivity contribution in [2.24, 2.45) is 13.0 Å². The second-order valence-electron chi connectivity index (χ2n) is 5.89. The van der Waals surface area contributed by atoms with E-state index in [4.69, 9.17) is 5.26 Å². The highest BCUT2D eigenvalue weighted by Crippen LogP contribution is 2.18. The van der Waals surface area contributed by atoms with Crippen LogP contribution in [0.3, 0.4) is 0 Å². The number of carbonyl (C=O) groups excluding carboxylic acids is 2. The number of Topliss-reactive ketones (excluding diaryl/α,β-unsaturated/α-hetero) is 1. The van der Waals surface area contributed by atoms with Gasteiger partial charge in [0, 0.05) is 25.7 Å². The van der Waals surface area contributed by atoms with Gasteiger partial charge in [-0.05, 0) is 24.8 Å². The molecule has 1 aromatic rings. The minimum Gasteiger partial charge on any atom is -0.352 e. The van der Waals surface area contributed by atoms with Crippen molar-refractivity contribution >= 4 is 11.7 Å². The second-order valence-corrected chi connectivity index (χ2v) is 5.89. The van der Waals surface area contributed by atoms with Gasteiger partial charge in [0.2, 0.25) is 5.91 Å². The number of hydrogen-bond acceptors (Lipinski definition) is 4. The summed E-state index contributed by atoms with van der Waals surface area (Å²) in [4.78, 5) is 24.3. The summed E-state index contributed by atoms with van der Waals surface area (Å²) in [6, 6.07) is 1.96. The highest BCUT2D eigenvalue weighted by Gasteiger charge is 2.28. The van der Waals surface area contributed by atoms with Crippen molar-refractivity contribution in [1.29, 1.82) is 5.26 Å². The first-order chi connectivity index (χ1) is 10.6. The van der Waals surface area contributed by atoms with Gasteiger partial charge in [-0.3, -0.25) is 14.3 Å². The summed E-state index contributed by atoms with van der Waals surface area (Å²) in [5.41, 5.74) is 0.931. The molecule has 0 bridgehead atoms. The molecule has 118 valence electrons.